The predicted octanol–water partition coefficient (Wildman–Crippen LogP) is 3.62. The molecule has 0 amide bonds. The van der Waals surface area contributed by atoms with Crippen LogP contribution in [0.2, 0.25) is 0 Å². The van der Waals surface area contributed by atoms with Crippen LogP contribution in [-0.4, -0.2) is 40.2 Å². The summed E-state index contributed by atoms with van der Waals surface area (Å²) in [5.41, 5.74) is 2.58. The Hall–Kier alpha value is -2.67. The minimum atomic E-state index is -0.296. The molecule has 2 bridgehead atoms. The third-order valence-electron chi connectivity index (χ3n) is 5.87. The zero-order valence-electron chi connectivity index (χ0n) is 17.2. The molecule has 1 N–H and O–H groups in total. The van der Waals surface area contributed by atoms with Gasteiger partial charge in [0, 0.05) is 43.0 Å². The molecule has 30 heavy (non-hydrogen) atoms. The second-order valence-electron chi connectivity index (χ2n) is 8.10. The molecular weight excluding hydrogens is 398 g/mol. The van der Waals surface area contributed by atoms with Gasteiger partial charge >= 0.3 is 5.97 Å². The van der Waals surface area contributed by atoms with Crippen LogP contribution in [0.1, 0.15) is 48.2 Å². The molecule has 2 aromatic rings. The van der Waals surface area contributed by atoms with Gasteiger partial charge in [0.2, 0.25) is 0 Å². The maximum absolute atomic E-state index is 12.2. The molecule has 1 saturated heterocycles. The summed E-state index contributed by atoms with van der Waals surface area (Å²) in [6, 6.07) is 12.8. The van der Waals surface area contributed by atoms with Crippen molar-refractivity contribution < 1.29 is 9.53 Å². The normalized spacial score (nSPS) is 19.7. The topological polar surface area (TPSA) is 63.6 Å². The number of carbonyl (C=O) groups excluding carboxylic acids is 1. The molecule has 0 spiro atoms. The highest BCUT2D eigenvalue weighted by Gasteiger charge is 2.35. The van der Waals surface area contributed by atoms with E-state index >= 15 is 0 Å². The second kappa shape index (κ2) is 9.00. The van der Waals surface area contributed by atoms with E-state index in [0.29, 0.717) is 29.1 Å². The van der Waals surface area contributed by atoms with Gasteiger partial charge in [-0.25, -0.2) is 4.79 Å². The monoisotopic (exact) mass is 425 g/mol. The third-order valence-corrected chi connectivity index (χ3v) is 6.23. The lowest BCUT2D eigenvalue weighted by atomic mass is 9.83. The first-order valence-corrected chi connectivity index (χ1v) is 11.0. The van der Waals surface area contributed by atoms with Crippen molar-refractivity contribution in [3.8, 4) is 0 Å². The van der Waals surface area contributed by atoms with Crippen LogP contribution in [0.25, 0.3) is 0 Å². The summed E-state index contributed by atoms with van der Waals surface area (Å²) in [5, 5.41) is 3.97. The average Bonchev–Trinajstić information content (AvgIpc) is 2.75. The van der Waals surface area contributed by atoms with E-state index < -0.39 is 0 Å². The number of likely N-dealkylation sites (tertiary alicyclic amines) is 1. The third kappa shape index (κ3) is 4.41. The van der Waals surface area contributed by atoms with Crippen molar-refractivity contribution in [3.05, 3.63) is 64.1 Å². The quantitative estimate of drug-likeness (QED) is 0.448. The van der Waals surface area contributed by atoms with Gasteiger partial charge in [-0.1, -0.05) is 19.4 Å². The number of hydrogen-bond acceptors (Lipinski definition) is 4. The molecule has 2 atom stereocenters. The first-order chi connectivity index (χ1) is 14.5. The Balaban J connectivity index is 1.38. The van der Waals surface area contributed by atoms with E-state index in [0.717, 1.165) is 50.3 Å². The van der Waals surface area contributed by atoms with Crippen molar-refractivity contribution in [3.63, 3.8) is 0 Å². The Morgan fingerprint density at radius 3 is 2.73 bits per heavy atom. The van der Waals surface area contributed by atoms with Crippen LogP contribution in [0, 0.1) is 5.92 Å². The fraction of sp³-hybridized carbons (Fsp3) is 0.435. The van der Waals surface area contributed by atoms with Crippen molar-refractivity contribution in [2.75, 3.05) is 25.0 Å². The lowest BCUT2D eigenvalue weighted by Gasteiger charge is -2.43. The molecular formula is C23H27N3O3S. The molecule has 1 unspecified atom stereocenters. The summed E-state index contributed by atoms with van der Waals surface area (Å²) in [6.45, 7) is 4.90. The number of rotatable bonds is 5. The molecule has 0 saturated carbocycles. The van der Waals surface area contributed by atoms with Crippen molar-refractivity contribution in [2.45, 2.75) is 38.6 Å². The van der Waals surface area contributed by atoms with E-state index in [1.807, 2.05) is 22.8 Å². The number of hydrogen-bond donors (Lipinski definition) is 1. The van der Waals surface area contributed by atoms with E-state index in [9.17, 15) is 9.59 Å². The zero-order chi connectivity index (χ0) is 21.1. The fourth-order valence-corrected chi connectivity index (χ4v) is 4.61. The molecule has 0 radical (unpaired) electrons. The lowest BCUT2D eigenvalue weighted by molar-refractivity contribution is 0.0500. The van der Waals surface area contributed by atoms with Gasteiger partial charge in [-0.2, -0.15) is 0 Å². The average molecular weight is 426 g/mol. The molecule has 158 valence electrons. The SMILES string of the molecule is CCCCOC(=O)c1ccc(NC(=S)N2CC3C[C@@H](C2)c2cccc(=O)n2C3)cc1. The number of esters is 1. The van der Waals surface area contributed by atoms with Crippen LogP contribution in [0.15, 0.2) is 47.3 Å². The van der Waals surface area contributed by atoms with Crippen molar-refractivity contribution >= 4 is 29.0 Å². The van der Waals surface area contributed by atoms with Crippen molar-refractivity contribution in [1.82, 2.24) is 9.47 Å². The van der Waals surface area contributed by atoms with Gasteiger partial charge in [0.25, 0.3) is 5.56 Å². The van der Waals surface area contributed by atoms with Crippen LogP contribution in [0.4, 0.5) is 5.69 Å². The standard InChI is InChI=1S/C23H27N3O3S/c1-2-3-11-29-22(28)17-7-9-19(10-8-17)24-23(30)25-13-16-12-18(15-25)20-5-4-6-21(27)26(20)14-16/h4-10,16,18H,2-3,11-15H2,1H3,(H,24,30)/t16?,18-/m0/s1. The smallest absolute Gasteiger partial charge is 0.338 e. The van der Waals surface area contributed by atoms with E-state index in [-0.39, 0.29) is 11.5 Å². The molecule has 2 aliphatic heterocycles. The van der Waals surface area contributed by atoms with Gasteiger partial charge in [-0.3, -0.25) is 4.79 Å². The number of pyridine rings is 1. The lowest BCUT2D eigenvalue weighted by Crippen LogP contribution is -2.50. The van der Waals surface area contributed by atoms with E-state index in [1.54, 1.807) is 18.2 Å². The van der Waals surface area contributed by atoms with Gasteiger partial charge in [-0.15, -0.1) is 0 Å². The summed E-state index contributed by atoms with van der Waals surface area (Å²) >= 11 is 5.67. The van der Waals surface area contributed by atoms with Crippen LogP contribution in [-0.2, 0) is 11.3 Å². The highest BCUT2D eigenvalue weighted by Crippen LogP contribution is 2.35. The van der Waals surface area contributed by atoms with Crippen LogP contribution < -0.4 is 10.9 Å². The number of nitrogens with zero attached hydrogens (tertiary/aromatic N) is 2. The minimum Gasteiger partial charge on any atom is -0.462 e. The van der Waals surface area contributed by atoms with Crippen LogP contribution in [0.5, 0.6) is 0 Å². The molecule has 0 aliphatic carbocycles. The molecule has 4 rings (SSSR count). The molecule has 3 heterocycles. The van der Waals surface area contributed by atoms with E-state index in [4.69, 9.17) is 17.0 Å². The number of ether oxygens (including phenoxy) is 1. The molecule has 6 nitrogen and oxygen atoms in total. The Labute approximate surface area is 181 Å². The number of benzene rings is 1. The fourth-order valence-electron chi connectivity index (χ4n) is 4.35. The van der Waals surface area contributed by atoms with Gasteiger partial charge in [-0.05, 0) is 61.3 Å². The first-order valence-electron chi connectivity index (χ1n) is 10.6. The minimum absolute atomic E-state index is 0.0877. The summed E-state index contributed by atoms with van der Waals surface area (Å²) in [4.78, 5) is 26.4. The maximum atomic E-state index is 12.2. The van der Waals surface area contributed by atoms with Gasteiger partial charge in [0.05, 0.1) is 12.2 Å². The van der Waals surface area contributed by atoms with Crippen molar-refractivity contribution in [1.29, 1.82) is 0 Å². The number of thiocarbonyl (C=S) groups is 1. The highest BCUT2D eigenvalue weighted by atomic mass is 32.1. The Morgan fingerprint density at radius 2 is 1.97 bits per heavy atom. The van der Waals surface area contributed by atoms with Crippen LogP contribution in [0.3, 0.4) is 0 Å². The van der Waals surface area contributed by atoms with Crippen LogP contribution >= 0.6 is 12.2 Å². The zero-order valence-corrected chi connectivity index (χ0v) is 18.0. The summed E-state index contributed by atoms with van der Waals surface area (Å²) in [5.74, 6) is 0.429. The van der Waals surface area contributed by atoms with Gasteiger partial charge < -0.3 is 19.5 Å². The molecule has 1 fully saturated rings. The number of carbonyl (C=O) groups is 1. The Kier molecular flexibility index (Phi) is 6.18. The number of fused-ring (bicyclic) bond motifs is 4. The Bertz CT molecular complexity index is 986. The van der Waals surface area contributed by atoms with E-state index in [2.05, 4.69) is 23.2 Å². The van der Waals surface area contributed by atoms with Crippen molar-refractivity contribution in [2.24, 2.45) is 5.92 Å². The molecule has 2 aliphatic rings. The summed E-state index contributed by atoms with van der Waals surface area (Å²) < 4.78 is 7.17. The predicted molar refractivity (Wildman–Crippen MR) is 121 cm³/mol. The Morgan fingerprint density at radius 1 is 1.17 bits per heavy atom. The first kappa shape index (κ1) is 20.6. The number of unbranched alkanes of at least 4 members (excludes halogenated alkanes) is 1. The van der Waals surface area contributed by atoms with Gasteiger partial charge in [0.15, 0.2) is 5.11 Å². The second-order valence-corrected chi connectivity index (χ2v) is 8.49. The molecule has 1 aromatic carbocycles. The number of anilines is 1. The number of nitrogens with one attached hydrogen (secondary N) is 1. The highest BCUT2D eigenvalue weighted by molar-refractivity contribution is 7.80. The largest absolute Gasteiger partial charge is 0.462 e. The summed E-state index contributed by atoms with van der Waals surface area (Å²) in [6.07, 6.45) is 2.96. The summed E-state index contributed by atoms with van der Waals surface area (Å²) in [7, 11) is 0. The maximum Gasteiger partial charge on any atom is 0.338 e. The molecule has 1 aromatic heterocycles. The number of piperidine rings is 1. The van der Waals surface area contributed by atoms with E-state index in [1.165, 1.54) is 0 Å². The van der Waals surface area contributed by atoms with Gasteiger partial charge in [0.1, 0.15) is 0 Å². The number of aromatic nitrogens is 1. The molecule has 7 heteroatoms.